The lowest BCUT2D eigenvalue weighted by Gasteiger charge is -2.29. The summed E-state index contributed by atoms with van der Waals surface area (Å²) >= 11 is 0. The van der Waals surface area contributed by atoms with Gasteiger partial charge >= 0.3 is 0 Å². The van der Waals surface area contributed by atoms with Crippen molar-refractivity contribution in [2.75, 3.05) is 13.1 Å². The van der Waals surface area contributed by atoms with Crippen LogP contribution in [-0.2, 0) is 16.1 Å². The molecular formula is C14H22N2O3. The lowest BCUT2D eigenvalue weighted by atomic mass is 9.90. The Morgan fingerprint density at radius 1 is 1.32 bits per heavy atom. The molecule has 0 bridgehead atoms. The number of hydrogen-bond donors (Lipinski definition) is 1. The summed E-state index contributed by atoms with van der Waals surface area (Å²) in [5.41, 5.74) is -1.07. The van der Waals surface area contributed by atoms with Crippen LogP contribution >= 0.6 is 0 Å². The number of carbonyl (C=O) groups is 2. The number of nitrogens with zero attached hydrogens (tertiary/aromatic N) is 1. The van der Waals surface area contributed by atoms with Gasteiger partial charge in [-0.15, -0.1) is 0 Å². The van der Waals surface area contributed by atoms with Crippen LogP contribution < -0.4 is 5.32 Å². The Kier molecular flexibility index (Phi) is 5.15. The molecule has 0 saturated carbocycles. The first-order chi connectivity index (χ1) is 8.93. The normalized spacial score (nSPS) is 11.2. The van der Waals surface area contributed by atoms with Crippen LogP contribution in [0, 0.1) is 5.41 Å². The first kappa shape index (κ1) is 15.3. The standard InChI is InChI=1S/C14H22N2O3/c1-5-16(6-2)13(18)14(3,4)12(17)15-10-11-8-7-9-19-11/h7-9H,5-6,10H2,1-4H3,(H,15,17). The number of nitrogens with one attached hydrogen (secondary N) is 1. The Morgan fingerprint density at radius 2 is 1.95 bits per heavy atom. The summed E-state index contributed by atoms with van der Waals surface area (Å²) in [4.78, 5) is 26.1. The van der Waals surface area contributed by atoms with E-state index in [9.17, 15) is 9.59 Å². The number of hydrogen-bond acceptors (Lipinski definition) is 3. The zero-order valence-electron chi connectivity index (χ0n) is 12.0. The molecule has 0 spiro atoms. The molecule has 0 fully saturated rings. The van der Waals surface area contributed by atoms with E-state index in [4.69, 9.17) is 4.42 Å². The van der Waals surface area contributed by atoms with Crippen molar-refractivity contribution in [3.05, 3.63) is 24.2 Å². The first-order valence-electron chi connectivity index (χ1n) is 6.53. The minimum absolute atomic E-state index is 0.158. The highest BCUT2D eigenvalue weighted by atomic mass is 16.3. The molecule has 5 heteroatoms. The fourth-order valence-electron chi connectivity index (χ4n) is 1.80. The molecule has 0 atom stereocenters. The third-order valence-corrected chi connectivity index (χ3v) is 3.16. The largest absolute Gasteiger partial charge is 0.467 e. The second kappa shape index (κ2) is 6.41. The number of rotatable bonds is 6. The molecule has 0 aliphatic rings. The van der Waals surface area contributed by atoms with E-state index in [1.165, 1.54) is 0 Å². The highest BCUT2D eigenvalue weighted by molar-refractivity contribution is 6.04. The summed E-state index contributed by atoms with van der Waals surface area (Å²) in [6.45, 7) is 8.59. The van der Waals surface area contributed by atoms with E-state index in [0.717, 1.165) is 0 Å². The van der Waals surface area contributed by atoms with Crippen molar-refractivity contribution in [1.82, 2.24) is 10.2 Å². The third kappa shape index (κ3) is 3.59. The number of carbonyl (C=O) groups excluding carboxylic acids is 2. The van der Waals surface area contributed by atoms with E-state index in [0.29, 0.717) is 25.4 Å². The van der Waals surface area contributed by atoms with Gasteiger partial charge in [-0.05, 0) is 39.8 Å². The molecule has 0 aliphatic carbocycles. The maximum absolute atomic E-state index is 12.3. The summed E-state index contributed by atoms with van der Waals surface area (Å²) in [6.07, 6.45) is 1.55. The molecule has 0 saturated heterocycles. The minimum atomic E-state index is -1.07. The van der Waals surface area contributed by atoms with Crippen molar-refractivity contribution in [3.63, 3.8) is 0 Å². The van der Waals surface area contributed by atoms with Crippen molar-refractivity contribution in [3.8, 4) is 0 Å². The molecule has 1 heterocycles. The average molecular weight is 266 g/mol. The van der Waals surface area contributed by atoms with Crippen molar-refractivity contribution >= 4 is 11.8 Å². The van der Waals surface area contributed by atoms with Gasteiger partial charge in [0.1, 0.15) is 11.2 Å². The lowest BCUT2D eigenvalue weighted by Crippen LogP contribution is -2.49. The Balaban J connectivity index is 2.65. The van der Waals surface area contributed by atoms with Crippen LogP contribution in [0.5, 0.6) is 0 Å². The minimum Gasteiger partial charge on any atom is -0.467 e. The van der Waals surface area contributed by atoms with Gasteiger partial charge in [0.25, 0.3) is 0 Å². The second-order valence-corrected chi connectivity index (χ2v) is 4.86. The Bertz CT molecular complexity index is 420. The smallest absolute Gasteiger partial charge is 0.237 e. The van der Waals surface area contributed by atoms with Crippen LogP contribution in [-0.4, -0.2) is 29.8 Å². The van der Waals surface area contributed by atoms with Gasteiger partial charge < -0.3 is 14.6 Å². The summed E-state index contributed by atoms with van der Waals surface area (Å²) in [6, 6.07) is 3.53. The first-order valence-corrected chi connectivity index (χ1v) is 6.53. The van der Waals surface area contributed by atoms with Crippen LogP contribution in [0.3, 0.4) is 0 Å². The summed E-state index contributed by atoms with van der Waals surface area (Å²) in [5.74, 6) is 0.217. The van der Waals surface area contributed by atoms with E-state index in [2.05, 4.69) is 5.32 Å². The van der Waals surface area contributed by atoms with Crippen LogP contribution in [0.2, 0.25) is 0 Å². The molecule has 1 aromatic rings. The van der Waals surface area contributed by atoms with Crippen LogP contribution in [0.25, 0.3) is 0 Å². The van der Waals surface area contributed by atoms with Crippen molar-refractivity contribution in [1.29, 1.82) is 0 Å². The number of furan rings is 1. The Labute approximate surface area is 114 Å². The van der Waals surface area contributed by atoms with Crippen molar-refractivity contribution < 1.29 is 14.0 Å². The van der Waals surface area contributed by atoms with E-state index < -0.39 is 5.41 Å². The predicted molar refractivity (Wildman–Crippen MR) is 72.3 cm³/mol. The molecule has 0 unspecified atom stereocenters. The van der Waals surface area contributed by atoms with Gasteiger partial charge in [-0.1, -0.05) is 0 Å². The fraction of sp³-hybridized carbons (Fsp3) is 0.571. The van der Waals surface area contributed by atoms with Crippen LogP contribution in [0.15, 0.2) is 22.8 Å². The van der Waals surface area contributed by atoms with Gasteiger partial charge in [-0.3, -0.25) is 9.59 Å². The summed E-state index contributed by atoms with van der Waals surface area (Å²) < 4.78 is 5.14. The van der Waals surface area contributed by atoms with Gasteiger partial charge in [-0.2, -0.15) is 0 Å². The molecule has 2 amide bonds. The lowest BCUT2D eigenvalue weighted by molar-refractivity contribution is -0.148. The van der Waals surface area contributed by atoms with E-state index in [-0.39, 0.29) is 11.8 Å². The van der Waals surface area contributed by atoms with E-state index in [1.807, 2.05) is 13.8 Å². The molecule has 1 aromatic heterocycles. The van der Waals surface area contributed by atoms with Gasteiger partial charge in [0.2, 0.25) is 11.8 Å². The van der Waals surface area contributed by atoms with Gasteiger partial charge in [0, 0.05) is 13.1 Å². The fourth-order valence-corrected chi connectivity index (χ4v) is 1.80. The third-order valence-electron chi connectivity index (χ3n) is 3.16. The van der Waals surface area contributed by atoms with Crippen LogP contribution in [0.1, 0.15) is 33.5 Å². The molecule has 106 valence electrons. The van der Waals surface area contributed by atoms with Gasteiger partial charge in [0.15, 0.2) is 0 Å². The van der Waals surface area contributed by atoms with Crippen molar-refractivity contribution in [2.24, 2.45) is 5.41 Å². The second-order valence-electron chi connectivity index (χ2n) is 4.86. The SMILES string of the molecule is CCN(CC)C(=O)C(C)(C)C(=O)NCc1ccco1. The molecule has 1 rings (SSSR count). The molecule has 0 aliphatic heterocycles. The predicted octanol–water partition coefficient (Wildman–Crippen LogP) is 1.79. The quantitative estimate of drug-likeness (QED) is 0.798. The van der Waals surface area contributed by atoms with Crippen LogP contribution in [0.4, 0.5) is 0 Å². The molecule has 0 aromatic carbocycles. The molecule has 0 radical (unpaired) electrons. The van der Waals surface area contributed by atoms with Crippen molar-refractivity contribution in [2.45, 2.75) is 34.2 Å². The zero-order chi connectivity index (χ0) is 14.5. The monoisotopic (exact) mass is 266 g/mol. The highest BCUT2D eigenvalue weighted by Crippen LogP contribution is 2.19. The molecule has 5 nitrogen and oxygen atoms in total. The maximum atomic E-state index is 12.3. The molecule has 19 heavy (non-hydrogen) atoms. The maximum Gasteiger partial charge on any atom is 0.237 e. The Morgan fingerprint density at radius 3 is 2.42 bits per heavy atom. The van der Waals surface area contributed by atoms with E-state index in [1.54, 1.807) is 37.1 Å². The number of amides is 2. The van der Waals surface area contributed by atoms with Gasteiger partial charge in [-0.25, -0.2) is 0 Å². The zero-order valence-corrected chi connectivity index (χ0v) is 12.0. The average Bonchev–Trinajstić information content (AvgIpc) is 2.90. The highest BCUT2D eigenvalue weighted by Gasteiger charge is 2.38. The Hall–Kier alpha value is -1.78. The topological polar surface area (TPSA) is 62.6 Å². The summed E-state index contributed by atoms with van der Waals surface area (Å²) in [5, 5.41) is 2.73. The summed E-state index contributed by atoms with van der Waals surface area (Å²) in [7, 11) is 0. The van der Waals surface area contributed by atoms with E-state index >= 15 is 0 Å². The molecular weight excluding hydrogens is 244 g/mol. The van der Waals surface area contributed by atoms with Gasteiger partial charge in [0.05, 0.1) is 12.8 Å². The molecule has 1 N–H and O–H groups in total.